The van der Waals surface area contributed by atoms with E-state index in [4.69, 9.17) is 25.5 Å². The molecule has 1 aromatic carbocycles. The summed E-state index contributed by atoms with van der Waals surface area (Å²) >= 11 is 5.76. The second-order valence-electron chi connectivity index (χ2n) is 4.83. The van der Waals surface area contributed by atoms with Gasteiger partial charge in [0.2, 0.25) is 0 Å². The first kappa shape index (κ1) is 17.2. The molecule has 0 bridgehead atoms. The van der Waals surface area contributed by atoms with Gasteiger partial charge in [-0.3, -0.25) is 4.79 Å². The molecule has 1 aromatic heterocycles. The van der Waals surface area contributed by atoms with Crippen LogP contribution in [0.1, 0.15) is 28.8 Å². The summed E-state index contributed by atoms with van der Waals surface area (Å²) in [7, 11) is 0. The van der Waals surface area contributed by atoms with Gasteiger partial charge in [-0.2, -0.15) is 0 Å². The van der Waals surface area contributed by atoms with E-state index in [1.807, 2.05) is 31.2 Å². The smallest absolute Gasteiger partial charge is 0.287 e. The number of furan rings is 1. The highest BCUT2D eigenvalue weighted by atomic mass is 35.5. The van der Waals surface area contributed by atoms with Crippen molar-refractivity contribution in [1.29, 1.82) is 0 Å². The minimum absolute atomic E-state index is 0.263. The number of halogens is 1. The van der Waals surface area contributed by atoms with Crippen molar-refractivity contribution in [3.05, 3.63) is 47.4 Å². The largest absolute Gasteiger partial charge is 0.494 e. The third-order valence-electron chi connectivity index (χ3n) is 3.18. The summed E-state index contributed by atoms with van der Waals surface area (Å²) in [4.78, 5) is 11.9. The number of benzene rings is 1. The summed E-state index contributed by atoms with van der Waals surface area (Å²) in [5.74, 6) is 2.50. The molecule has 0 spiro atoms. The van der Waals surface area contributed by atoms with Crippen molar-refractivity contribution in [2.75, 3.05) is 19.8 Å². The van der Waals surface area contributed by atoms with E-state index in [1.54, 1.807) is 13.0 Å². The molecule has 0 saturated carbocycles. The van der Waals surface area contributed by atoms with E-state index in [9.17, 15) is 4.79 Å². The highest BCUT2D eigenvalue weighted by molar-refractivity contribution is 6.17. The van der Waals surface area contributed by atoms with Crippen LogP contribution >= 0.6 is 11.6 Å². The molecule has 2 aromatic rings. The molecule has 0 radical (unpaired) electrons. The van der Waals surface area contributed by atoms with E-state index < -0.39 is 0 Å². The van der Waals surface area contributed by atoms with Crippen LogP contribution in [0.25, 0.3) is 0 Å². The van der Waals surface area contributed by atoms with Crippen LogP contribution in [0.2, 0.25) is 0 Å². The Labute approximate surface area is 140 Å². The summed E-state index contributed by atoms with van der Waals surface area (Å²) < 4.78 is 16.3. The Balaban J connectivity index is 1.75. The van der Waals surface area contributed by atoms with Gasteiger partial charge in [-0.15, -0.1) is 11.6 Å². The maximum absolute atomic E-state index is 11.9. The molecule has 0 unspecified atom stereocenters. The van der Waals surface area contributed by atoms with Crippen LogP contribution in [0.3, 0.4) is 0 Å². The van der Waals surface area contributed by atoms with Crippen LogP contribution in [0.5, 0.6) is 11.5 Å². The van der Waals surface area contributed by atoms with Crippen LogP contribution in [-0.4, -0.2) is 25.7 Å². The van der Waals surface area contributed by atoms with Crippen LogP contribution in [0.4, 0.5) is 0 Å². The lowest BCUT2D eigenvalue weighted by Crippen LogP contribution is -2.27. The lowest BCUT2D eigenvalue weighted by molar-refractivity contribution is 0.0918. The Bertz CT molecular complexity index is 637. The summed E-state index contributed by atoms with van der Waals surface area (Å²) in [5, 5.41) is 2.74. The molecular weight excluding hydrogens is 318 g/mol. The zero-order chi connectivity index (χ0) is 16.7. The average molecular weight is 338 g/mol. The maximum Gasteiger partial charge on any atom is 0.287 e. The van der Waals surface area contributed by atoms with Gasteiger partial charge in [0, 0.05) is 5.56 Å². The normalized spacial score (nSPS) is 10.4. The average Bonchev–Trinajstić information content (AvgIpc) is 2.94. The first-order chi connectivity index (χ1) is 11.1. The molecule has 5 nitrogen and oxygen atoms in total. The second kappa shape index (κ2) is 8.48. The fraction of sp³-hybridized carbons (Fsp3) is 0.353. The van der Waals surface area contributed by atoms with E-state index in [0.29, 0.717) is 31.4 Å². The molecule has 0 aliphatic rings. The minimum atomic E-state index is -0.278. The topological polar surface area (TPSA) is 60.7 Å². The molecule has 1 amide bonds. The molecule has 0 fully saturated rings. The van der Waals surface area contributed by atoms with Gasteiger partial charge in [0.25, 0.3) is 5.91 Å². The van der Waals surface area contributed by atoms with Gasteiger partial charge < -0.3 is 19.2 Å². The van der Waals surface area contributed by atoms with Crippen molar-refractivity contribution in [2.24, 2.45) is 0 Å². The number of amides is 1. The van der Waals surface area contributed by atoms with Crippen molar-refractivity contribution in [2.45, 2.75) is 19.7 Å². The van der Waals surface area contributed by atoms with Gasteiger partial charge in [-0.1, -0.05) is 0 Å². The van der Waals surface area contributed by atoms with Crippen molar-refractivity contribution in [3.8, 4) is 11.5 Å². The molecule has 2 rings (SSSR count). The number of hydrogen-bond donors (Lipinski definition) is 1. The van der Waals surface area contributed by atoms with E-state index in [1.165, 1.54) is 0 Å². The first-order valence-electron chi connectivity index (χ1n) is 7.43. The Kier molecular flexibility index (Phi) is 6.35. The zero-order valence-corrected chi connectivity index (χ0v) is 14.0. The van der Waals surface area contributed by atoms with Crippen LogP contribution in [-0.2, 0) is 5.88 Å². The van der Waals surface area contributed by atoms with E-state index in [2.05, 4.69) is 5.32 Å². The molecule has 1 heterocycles. The Morgan fingerprint density at radius 1 is 1.22 bits per heavy atom. The van der Waals surface area contributed by atoms with E-state index in [0.717, 1.165) is 17.1 Å². The molecule has 124 valence electrons. The standard InChI is InChI=1S/C17H20ClNO4/c1-3-21-14-4-6-15(7-5-14)22-9-8-19-17(20)16-10-13(11-18)12(2)23-16/h4-7,10H,3,8-9,11H2,1-2H3,(H,19,20). The molecule has 23 heavy (non-hydrogen) atoms. The fourth-order valence-corrected chi connectivity index (χ4v) is 2.25. The predicted molar refractivity (Wildman–Crippen MR) is 88.4 cm³/mol. The molecule has 6 heteroatoms. The number of ether oxygens (including phenoxy) is 2. The van der Waals surface area contributed by atoms with Crippen molar-refractivity contribution in [3.63, 3.8) is 0 Å². The molecule has 0 saturated heterocycles. The van der Waals surface area contributed by atoms with Crippen molar-refractivity contribution >= 4 is 17.5 Å². The number of hydrogen-bond acceptors (Lipinski definition) is 4. The Hall–Kier alpha value is -2.14. The highest BCUT2D eigenvalue weighted by Crippen LogP contribution is 2.18. The number of nitrogens with one attached hydrogen (secondary N) is 1. The van der Waals surface area contributed by atoms with Gasteiger partial charge in [0.05, 0.1) is 19.0 Å². The molecule has 0 aliphatic carbocycles. The molecule has 0 atom stereocenters. The monoisotopic (exact) mass is 337 g/mol. The number of carbonyl (C=O) groups is 1. The van der Waals surface area contributed by atoms with Gasteiger partial charge in [-0.05, 0) is 44.2 Å². The summed E-state index contributed by atoms with van der Waals surface area (Å²) in [6.07, 6.45) is 0. The summed E-state index contributed by atoms with van der Waals surface area (Å²) in [6.45, 7) is 5.08. The van der Waals surface area contributed by atoms with Crippen molar-refractivity contribution < 1.29 is 18.7 Å². The second-order valence-corrected chi connectivity index (χ2v) is 5.10. The molecule has 1 N–H and O–H groups in total. The Morgan fingerprint density at radius 3 is 2.43 bits per heavy atom. The van der Waals surface area contributed by atoms with Crippen LogP contribution in [0, 0.1) is 6.92 Å². The molecule has 0 aliphatic heterocycles. The predicted octanol–water partition coefficient (Wildman–Crippen LogP) is 3.53. The van der Waals surface area contributed by atoms with Crippen LogP contribution < -0.4 is 14.8 Å². The lowest BCUT2D eigenvalue weighted by Gasteiger charge is -2.08. The molecular formula is C17H20ClNO4. The number of rotatable bonds is 8. The summed E-state index contributed by atoms with van der Waals surface area (Å²) in [5.41, 5.74) is 0.822. The first-order valence-corrected chi connectivity index (χ1v) is 7.96. The number of aryl methyl sites for hydroxylation is 1. The summed E-state index contributed by atoms with van der Waals surface area (Å²) in [6, 6.07) is 9.00. The third-order valence-corrected chi connectivity index (χ3v) is 3.47. The van der Waals surface area contributed by atoms with Gasteiger partial charge >= 0.3 is 0 Å². The Morgan fingerprint density at radius 2 is 1.87 bits per heavy atom. The highest BCUT2D eigenvalue weighted by Gasteiger charge is 2.13. The van der Waals surface area contributed by atoms with Crippen LogP contribution in [0.15, 0.2) is 34.7 Å². The van der Waals surface area contributed by atoms with Gasteiger partial charge in [0.15, 0.2) is 5.76 Å². The van der Waals surface area contributed by atoms with Crippen molar-refractivity contribution in [1.82, 2.24) is 5.32 Å². The van der Waals surface area contributed by atoms with Gasteiger partial charge in [-0.25, -0.2) is 0 Å². The zero-order valence-electron chi connectivity index (χ0n) is 13.2. The number of alkyl halides is 1. The lowest BCUT2D eigenvalue weighted by atomic mass is 10.3. The third kappa shape index (κ3) is 4.93. The van der Waals surface area contributed by atoms with E-state index in [-0.39, 0.29) is 11.7 Å². The quantitative estimate of drug-likeness (QED) is 0.591. The maximum atomic E-state index is 11.9. The minimum Gasteiger partial charge on any atom is -0.494 e. The number of carbonyl (C=O) groups excluding carboxylic acids is 1. The SMILES string of the molecule is CCOc1ccc(OCCNC(=O)c2cc(CCl)c(C)o2)cc1. The fourth-order valence-electron chi connectivity index (χ4n) is 1.98. The van der Waals surface area contributed by atoms with E-state index >= 15 is 0 Å². The van der Waals surface area contributed by atoms with Gasteiger partial charge in [0.1, 0.15) is 23.9 Å².